The number of fused-ring (bicyclic) bond motifs is 2. The molecule has 134 valence electrons. The van der Waals surface area contributed by atoms with Gasteiger partial charge in [-0.1, -0.05) is 6.58 Å². The van der Waals surface area contributed by atoms with E-state index in [9.17, 15) is 4.39 Å². The molecule has 0 saturated carbocycles. The summed E-state index contributed by atoms with van der Waals surface area (Å²) in [6.45, 7) is 8.99. The maximum absolute atomic E-state index is 13.8. The fourth-order valence-corrected chi connectivity index (χ4v) is 3.09. The number of nitrogens with one attached hydrogen (secondary N) is 2. The molecule has 0 unspecified atom stereocenters. The van der Waals surface area contributed by atoms with E-state index in [0.29, 0.717) is 30.4 Å². The lowest BCUT2D eigenvalue weighted by Crippen LogP contribution is -2.19. The van der Waals surface area contributed by atoms with Crippen LogP contribution in [-0.4, -0.2) is 27.7 Å². The van der Waals surface area contributed by atoms with E-state index in [1.54, 1.807) is 16.8 Å². The minimum Gasteiger partial charge on any atom is -0.491 e. The number of hydrogen-bond acceptors (Lipinski definition) is 5. The first-order valence-electron chi connectivity index (χ1n) is 8.50. The minimum absolute atomic E-state index is 0.183. The largest absolute Gasteiger partial charge is 0.491 e. The van der Waals surface area contributed by atoms with Crippen molar-refractivity contribution in [1.82, 2.24) is 19.9 Å². The zero-order chi connectivity index (χ0) is 18.3. The summed E-state index contributed by atoms with van der Waals surface area (Å²) in [6.07, 6.45) is 3.66. The number of halogens is 1. The number of hydrogen-bond donors (Lipinski definition) is 2. The Hall–Kier alpha value is -3.09. The summed E-state index contributed by atoms with van der Waals surface area (Å²) in [5, 5.41) is 11.0. The van der Waals surface area contributed by atoms with Crippen LogP contribution < -0.4 is 15.4 Å². The molecule has 1 aliphatic heterocycles. The Labute approximate surface area is 150 Å². The summed E-state index contributed by atoms with van der Waals surface area (Å²) < 4.78 is 21.4. The second-order valence-electron chi connectivity index (χ2n) is 6.40. The fourth-order valence-electron chi connectivity index (χ4n) is 3.09. The van der Waals surface area contributed by atoms with Gasteiger partial charge in [-0.3, -0.25) is 0 Å². The average Bonchev–Trinajstić information content (AvgIpc) is 3.01. The van der Waals surface area contributed by atoms with Gasteiger partial charge in [0.25, 0.3) is 0 Å². The van der Waals surface area contributed by atoms with Crippen LogP contribution in [0.2, 0.25) is 0 Å². The number of rotatable bonds is 0. The van der Waals surface area contributed by atoms with Gasteiger partial charge in [0.2, 0.25) is 0 Å². The van der Waals surface area contributed by atoms with Crippen LogP contribution >= 0.6 is 0 Å². The van der Waals surface area contributed by atoms with Crippen LogP contribution in [0, 0.1) is 12.7 Å². The lowest BCUT2D eigenvalue weighted by Gasteiger charge is -2.20. The molecule has 1 aromatic carbocycles. The third kappa shape index (κ3) is 2.85. The number of aryl methyl sites for hydroxylation is 1. The van der Waals surface area contributed by atoms with Crippen molar-refractivity contribution >= 4 is 17.2 Å². The Kier molecular flexibility index (Phi) is 3.99. The van der Waals surface area contributed by atoms with Crippen molar-refractivity contribution < 1.29 is 9.13 Å². The molecule has 2 bridgehead atoms. The highest BCUT2D eigenvalue weighted by Gasteiger charge is 2.18. The van der Waals surface area contributed by atoms with Gasteiger partial charge in [-0.05, 0) is 32.0 Å². The van der Waals surface area contributed by atoms with Crippen LogP contribution in [0.5, 0.6) is 5.75 Å². The van der Waals surface area contributed by atoms with Crippen LogP contribution in [0.25, 0.3) is 11.3 Å². The molecule has 0 fully saturated rings. The first-order chi connectivity index (χ1) is 12.5. The molecular weight excluding hydrogens is 333 g/mol. The molecule has 0 spiro atoms. The average molecular weight is 353 g/mol. The Bertz CT molecular complexity index is 997. The van der Waals surface area contributed by atoms with E-state index >= 15 is 0 Å². The molecule has 6 nitrogen and oxygen atoms in total. The van der Waals surface area contributed by atoms with Crippen LogP contribution in [0.15, 0.2) is 37.2 Å². The minimum atomic E-state index is -0.296. The van der Waals surface area contributed by atoms with Crippen molar-refractivity contribution in [3.8, 4) is 5.75 Å². The second-order valence-corrected chi connectivity index (χ2v) is 6.40. The highest BCUT2D eigenvalue weighted by atomic mass is 19.1. The third-order valence-electron chi connectivity index (χ3n) is 4.49. The SMILES string of the molecule is C=C1NCCOc2ccc(F)cc2[C@@H](C)Nc2nc3c1cnn3cc2C. The molecule has 26 heavy (non-hydrogen) atoms. The summed E-state index contributed by atoms with van der Waals surface area (Å²) in [6, 6.07) is 4.38. The third-order valence-corrected chi connectivity index (χ3v) is 4.49. The molecule has 0 saturated heterocycles. The second kappa shape index (κ2) is 6.33. The van der Waals surface area contributed by atoms with Crippen LogP contribution in [-0.2, 0) is 0 Å². The standard InChI is InChI=1S/C19H20FN5O/c1-11-10-25-19-16(9-22-25)12(2)21-6-7-26-17-5-4-14(20)8-15(17)13(3)23-18(11)24-19/h4-5,8-10,13,21H,2,6-7H2,1,3H3,(H,23,24)/t13-/m1/s1. The molecule has 0 amide bonds. The lowest BCUT2D eigenvalue weighted by atomic mass is 10.1. The summed E-state index contributed by atoms with van der Waals surface area (Å²) in [4.78, 5) is 4.73. The zero-order valence-electron chi connectivity index (χ0n) is 14.7. The first-order valence-corrected chi connectivity index (χ1v) is 8.50. The fraction of sp³-hybridized carbons (Fsp3) is 0.263. The van der Waals surface area contributed by atoms with E-state index in [-0.39, 0.29) is 11.9 Å². The van der Waals surface area contributed by atoms with E-state index in [1.165, 1.54) is 12.1 Å². The molecule has 4 rings (SSSR count). The van der Waals surface area contributed by atoms with Crippen molar-refractivity contribution in [2.45, 2.75) is 19.9 Å². The summed E-state index contributed by atoms with van der Waals surface area (Å²) in [7, 11) is 0. The molecule has 3 heterocycles. The van der Waals surface area contributed by atoms with E-state index in [2.05, 4.69) is 22.3 Å². The van der Waals surface area contributed by atoms with Crippen molar-refractivity contribution in [1.29, 1.82) is 0 Å². The Morgan fingerprint density at radius 1 is 1.38 bits per heavy atom. The van der Waals surface area contributed by atoms with Gasteiger partial charge >= 0.3 is 0 Å². The van der Waals surface area contributed by atoms with Crippen LogP contribution in [0.1, 0.15) is 29.7 Å². The topological polar surface area (TPSA) is 63.5 Å². The molecule has 2 aromatic heterocycles. The van der Waals surface area contributed by atoms with Crippen LogP contribution in [0.3, 0.4) is 0 Å². The van der Waals surface area contributed by atoms with Gasteiger partial charge in [0.15, 0.2) is 5.65 Å². The summed E-state index contributed by atoms with van der Waals surface area (Å²) in [5.41, 5.74) is 3.97. The Balaban J connectivity index is 1.84. The molecule has 1 atom stereocenters. The predicted octanol–water partition coefficient (Wildman–Crippen LogP) is 3.30. The quantitative estimate of drug-likeness (QED) is 0.649. The van der Waals surface area contributed by atoms with Crippen LogP contribution in [0.4, 0.5) is 10.2 Å². The molecule has 3 aromatic rings. The van der Waals surface area contributed by atoms with Gasteiger partial charge in [-0.15, -0.1) is 0 Å². The summed E-state index contributed by atoms with van der Waals surface area (Å²) >= 11 is 0. The van der Waals surface area contributed by atoms with Gasteiger partial charge in [0, 0.05) is 29.6 Å². The molecule has 0 radical (unpaired) electrons. The zero-order valence-corrected chi connectivity index (χ0v) is 14.7. The number of ether oxygens (including phenoxy) is 1. The van der Waals surface area contributed by atoms with Gasteiger partial charge in [-0.2, -0.15) is 5.10 Å². The lowest BCUT2D eigenvalue weighted by molar-refractivity contribution is 0.316. The van der Waals surface area contributed by atoms with Crippen molar-refractivity contribution in [3.63, 3.8) is 0 Å². The number of nitrogens with zero attached hydrogens (tertiary/aromatic N) is 3. The number of aromatic nitrogens is 3. The van der Waals surface area contributed by atoms with E-state index in [0.717, 1.165) is 22.4 Å². The van der Waals surface area contributed by atoms with Crippen molar-refractivity contribution in [3.05, 3.63) is 59.7 Å². The van der Waals surface area contributed by atoms with E-state index in [1.807, 2.05) is 20.0 Å². The normalized spacial score (nSPS) is 17.3. The molecule has 1 aliphatic rings. The van der Waals surface area contributed by atoms with E-state index < -0.39 is 0 Å². The highest BCUT2D eigenvalue weighted by Crippen LogP contribution is 2.30. The number of benzene rings is 1. The monoisotopic (exact) mass is 353 g/mol. The molecule has 0 aliphatic carbocycles. The predicted molar refractivity (Wildman–Crippen MR) is 98.7 cm³/mol. The van der Waals surface area contributed by atoms with E-state index in [4.69, 9.17) is 9.72 Å². The number of anilines is 1. The maximum atomic E-state index is 13.8. The Morgan fingerprint density at radius 3 is 3.08 bits per heavy atom. The Morgan fingerprint density at radius 2 is 2.23 bits per heavy atom. The summed E-state index contributed by atoms with van der Waals surface area (Å²) in [5.74, 6) is 1.07. The van der Waals surface area contributed by atoms with Crippen molar-refractivity contribution in [2.24, 2.45) is 0 Å². The highest BCUT2D eigenvalue weighted by molar-refractivity contribution is 5.74. The van der Waals surface area contributed by atoms with Crippen molar-refractivity contribution in [2.75, 3.05) is 18.5 Å². The van der Waals surface area contributed by atoms with Gasteiger partial charge in [0.1, 0.15) is 24.0 Å². The molecule has 2 N–H and O–H groups in total. The maximum Gasteiger partial charge on any atom is 0.166 e. The smallest absolute Gasteiger partial charge is 0.166 e. The first kappa shape index (κ1) is 16.4. The van der Waals surface area contributed by atoms with Gasteiger partial charge < -0.3 is 15.4 Å². The van der Waals surface area contributed by atoms with Gasteiger partial charge in [-0.25, -0.2) is 13.9 Å². The molecule has 7 heteroatoms. The van der Waals surface area contributed by atoms with Gasteiger partial charge in [0.05, 0.1) is 17.8 Å². The molecular formula is C19H20FN5O.